The van der Waals surface area contributed by atoms with Crippen LogP contribution >= 0.6 is 0 Å². The summed E-state index contributed by atoms with van der Waals surface area (Å²) in [6.45, 7) is 2.85. The third-order valence-electron chi connectivity index (χ3n) is 2.95. The molecule has 4 heteroatoms. The van der Waals surface area contributed by atoms with Gasteiger partial charge in [0.15, 0.2) is 0 Å². The van der Waals surface area contributed by atoms with E-state index >= 15 is 0 Å². The second-order valence-electron chi connectivity index (χ2n) is 4.26. The first-order chi connectivity index (χ1) is 8.83. The number of nitrogens with zero attached hydrogens (tertiary/aromatic N) is 2. The van der Waals surface area contributed by atoms with E-state index in [2.05, 4.69) is 39.3 Å². The molecule has 0 saturated heterocycles. The maximum absolute atomic E-state index is 4.68. The molecule has 0 amide bonds. The van der Waals surface area contributed by atoms with E-state index in [1.807, 2.05) is 30.3 Å². The quantitative estimate of drug-likeness (QED) is 0.762. The van der Waals surface area contributed by atoms with Gasteiger partial charge < -0.3 is 5.32 Å². The summed E-state index contributed by atoms with van der Waals surface area (Å²) >= 11 is 0. The number of nitrogens with one attached hydrogen (secondary N) is 1. The van der Waals surface area contributed by atoms with E-state index < -0.39 is 0 Å². The summed E-state index contributed by atoms with van der Waals surface area (Å²) in [7, 11) is 0. The van der Waals surface area contributed by atoms with Gasteiger partial charge in [0.2, 0.25) is 0 Å². The number of rotatable bonds is 3. The van der Waals surface area contributed by atoms with Crippen molar-refractivity contribution in [3.8, 4) is 0 Å². The standard InChI is InChI=1S/C14H13N3O/c1-10-4-2-3-5-12(10)15-9-11-6-7-13-14(8-11)17-18-16-13/h2-8,15H,9H2,1H3. The van der Waals surface area contributed by atoms with E-state index in [9.17, 15) is 0 Å². The molecule has 0 aliphatic rings. The zero-order chi connectivity index (χ0) is 12.4. The summed E-state index contributed by atoms with van der Waals surface area (Å²) in [5, 5.41) is 11.0. The van der Waals surface area contributed by atoms with Crippen LogP contribution in [0.3, 0.4) is 0 Å². The summed E-state index contributed by atoms with van der Waals surface area (Å²) in [5.74, 6) is 0. The molecule has 3 aromatic rings. The van der Waals surface area contributed by atoms with E-state index in [1.165, 1.54) is 5.56 Å². The highest BCUT2D eigenvalue weighted by Crippen LogP contribution is 2.16. The number of anilines is 1. The number of benzene rings is 2. The largest absolute Gasteiger partial charge is 0.381 e. The lowest BCUT2D eigenvalue weighted by atomic mass is 10.1. The highest BCUT2D eigenvalue weighted by molar-refractivity contribution is 5.73. The van der Waals surface area contributed by atoms with Crippen LogP contribution in [0.1, 0.15) is 11.1 Å². The van der Waals surface area contributed by atoms with E-state index in [-0.39, 0.29) is 0 Å². The van der Waals surface area contributed by atoms with Crippen molar-refractivity contribution < 1.29 is 4.63 Å². The molecular weight excluding hydrogens is 226 g/mol. The zero-order valence-corrected chi connectivity index (χ0v) is 10.1. The van der Waals surface area contributed by atoms with Crippen molar-refractivity contribution in [2.75, 3.05) is 5.32 Å². The molecule has 0 saturated carbocycles. The van der Waals surface area contributed by atoms with Gasteiger partial charge in [-0.2, -0.15) is 0 Å². The lowest BCUT2D eigenvalue weighted by Crippen LogP contribution is -2.00. The molecule has 0 radical (unpaired) electrons. The molecule has 0 atom stereocenters. The average molecular weight is 239 g/mol. The minimum atomic E-state index is 0.758. The Bertz CT molecular complexity index is 675. The minimum absolute atomic E-state index is 0.758. The average Bonchev–Trinajstić information content (AvgIpc) is 2.85. The molecule has 4 nitrogen and oxygen atoms in total. The second-order valence-corrected chi connectivity index (χ2v) is 4.26. The van der Waals surface area contributed by atoms with E-state index in [0.717, 1.165) is 28.8 Å². The fraction of sp³-hybridized carbons (Fsp3) is 0.143. The van der Waals surface area contributed by atoms with Crippen molar-refractivity contribution in [1.82, 2.24) is 10.3 Å². The van der Waals surface area contributed by atoms with Crippen LogP contribution < -0.4 is 5.32 Å². The number of hydrogen-bond donors (Lipinski definition) is 1. The van der Waals surface area contributed by atoms with E-state index in [0.29, 0.717) is 0 Å². The van der Waals surface area contributed by atoms with Gasteiger partial charge in [0.25, 0.3) is 0 Å². The van der Waals surface area contributed by atoms with Gasteiger partial charge in [-0.25, -0.2) is 4.63 Å². The molecule has 90 valence electrons. The lowest BCUT2D eigenvalue weighted by Gasteiger charge is -2.08. The Balaban J connectivity index is 1.78. The molecule has 0 fully saturated rings. The molecule has 0 aliphatic carbocycles. The number of fused-ring (bicyclic) bond motifs is 1. The first-order valence-electron chi connectivity index (χ1n) is 5.83. The van der Waals surface area contributed by atoms with Crippen LogP contribution in [-0.4, -0.2) is 10.3 Å². The van der Waals surface area contributed by atoms with Gasteiger partial charge in [0.1, 0.15) is 11.0 Å². The summed E-state index contributed by atoms with van der Waals surface area (Å²) < 4.78 is 4.68. The Morgan fingerprint density at radius 2 is 1.89 bits per heavy atom. The molecule has 0 aliphatic heterocycles. The normalized spacial score (nSPS) is 10.7. The Labute approximate surface area is 105 Å². The smallest absolute Gasteiger partial charge is 0.135 e. The van der Waals surface area contributed by atoms with E-state index in [1.54, 1.807) is 0 Å². The fourth-order valence-corrected chi connectivity index (χ4v) is 1.91. The van der Waals surface area contributed by atoms with Crippen LogP contribution in [0.2, 0.25) is 0 Å². The molecule has 0 spiro atoms. The van der Waals surface area contributed by atoms with Crippen LogP contribution in [0.4, 0.5) is 5.69 Å². The van der Waals surface area contributed by atoms with Gasteiger partial charge in [-0.1, -0.05) is 24.3 Å². The van der Waals surface area contributed by atoms with Crippen LogP contribution in [-0.2, 0) is 6.54 Å². The van der Waals surface area contributed by atoms with Crippen molar-refractivity contribution >= 4 is 16.7 Å². The van der Waals surface area contributed by atoms with Gasteiger partial charge in [0.05, 0.1) is 0 Å². The molecule has 0 bridgehead atoms. The van der Waals surface area contributed by atoms with Gasteiger partial charge >= 0.3 is 0 Å². The molecule has 1 heterocycles. The summed E-state index contributed by atoms with van der Waals surface area (Å²) in [6, 6.07) is 14.2. The van der Waals surface area contributed by atoms with Crippen molar-refractivity contribution in [2.45, 2.75) is 13.5 Å². The number of aryl methyl sites for hydroxylation is 1. The Morgan fingerprint density at radius 3 is 2.78 bits per heavy atom. The SMILES string of the molecule is Cc1ccccc1NCc1ccc2nonc2c1. The number of para-hydroxylation sites is 1. The minimum Gasteiger partial charge on any atom is -0.381 e. The first kappa shape index (κ1) is 10.8. The maximum atomic E-state index is 4.68. The highest BCUT2D eigenvalue weighted by Gasteiger charge is 2.02. The number of aromatic nitrogens is 2. The molecule has 0 unspecified atom stereocenters. The van der Waals surface area contributed by atoms with Gasteiger partial charge in [-0.15, -0.1) is 0 Å². The predicted molar refractivity (Wildman–Crippen MR) is 70.3 cm³/mol. The lowest BCUT2D eigenvalue weighted by molar-refractivity contribution is 0.315. The summed E-state index contributed by atoms with van der Waals surface area (Å²) in [5.41, 5.74) is 5.12. The van der Waals surface area contributed by atoms with Gasteiger partial charge in [-0.3, -0.25) is 0 Å². The molecule has 18 heavy (non-hydrogen) atoms. The summed E-state index contributed by atoms with van der Waals surface area (Å²) in [4.78, 5) is 0. The van der Waals surface area contributed by atoms with Crippen LogP contribution in [0.25, 0.3) is 11.0 Å². The Hall–Kier alpha value is -2.36. The second kappa shape index (κ2) is 4.49. The van der Waals surface area contributed by atoms with Crippen molar-refractivity contribution in [2.24, 2.45) is 0 Å². The fourth-order valence-electron chi connectivity index (χ4n) is 1.91. The van der Waals surface area contributed by atoms with Crippen molar-refractivity contribution in [3.05, 3.63) is 53.6 Å². The Morgan fingerprint density at radius 1 is 1.06 bits per heavy atom. The van der Waals surface area contributed by atoms with Crippen molar-refractivity contribution in [1.29, 1.82) is 0 Å². The van der Waals surface area contributed by atoms with Gasteiger partial charge in [0, 0.05) is 12.2 Å². The van der Waals surface area contributed by atoms with Crippen molar-refractivity contribution in [3.63, 3.8) is 0 Å². The van der Waals surface area contributed by atoms with E-state index in [4.69, 9.17) is 0 Å². The third-order valence-corrected chi connectivity index (χ3v) is 2.95. The molecule has 1 N–H and O–H groups in total. The molecule has 3 rings (SSSR count). The number of hydrogen-bond acceptors (Lipinski definition) is 4. The van der Waals surface area contributed by atoms with Crippen LogP contribution in [0.15, 0.2) is 47.1 Å². The topological polar surface area (TPSA) is 51.0 Å². The van der Waals surface area contributed by atoms with Crippen LogP contribution in [0, 0.1) is 6.92 Å². The zero-order valence-electron chi connectivity index (χ0n) is 10.1. The first-order valence-corrected chi connectivity index (χ1v) is 5.83. The molecule has 2 aromatic carbocycles. The molecule has 1 aromatic heterocycles. The third kappa shape index (κ3) is 2.05. The predicted octanol–water partition coefficient (Wildman–Crippen LogP) is 3.14. The van der Waals surface area contributed by atoms with Gasteiger partial charge in [-0.05, 0) is 46.6 Å². The molecular formula is C14H13N3O. The monoisotopic (exact) mass is 239 g/mol. The highest BCUT2D eigenvalue weighted by atomic mass is 16.6. The van der Waals surface area contributed by atoms with Crippen LogP contribution in [0.5, 0.6) is 0 Å². The summed E-state index contributed by atoms with van der Waals surface area (Å²) in [6.07, 6.45) is 0. The Kier molecular flexibility index (Phi) is 2.68. The maximum Gasteiger partial charge on any atom is 0.135 e.